The van der Waals surface area contributed by atoms with E-state index < -0.39 is 17.6 Å². The molecule has 1 amide bonds. The molecule has 0 spiro atoms. The molecule has 2 heterocycles. The number of nitrogens with zero attached hydrogens (tertiary/aromatic N) is 3. The number of benzene rings is 2. The number of aliphatic carboxylic acids is 1. The fraction of sp³-hybridized carbons (Fsp3) is 0.227. The van der Waals surface area contributed by atoms with Crippen LogP contribution in [0.25, 0.3) is 11.1 Å². The standard InChI is InChI=1S/C22H19N3O4/c26-20(27)22(25-11-5-10-23-25)13-24(14-22)21(28)29-12-19-17-8-3-1-6-15(17)16-7-2-4-9-18(16)19/h1-11,19H,12-14H2,(H,26,27). The van der Waals surface area contributed by atoms with E-state index in [0.29, 0.717) is 0 Å². The maximum absolute atomic E-state index is 12.6. The second kappa shape index (κ2) is 6.48. The van der Waals surface area contributed by atoms with Gasteiger partial charge in [-0.15, -0.1) is 0 Å². The zero-order valence-electron chi connectivity index (χ0n) is 15.6. The molecule has 1 aromatic heterocycles. The van der Waals surface area contributed by atoms with E-state index in [2.05, 4.69) is 29.4 Å². The Hall–Kier alpha value is -3.61. The summed E-state index contributed by atoms with van der Waals surface area (Å²) in [5, 5.41) is 13.7. The first kappa shape index (κ1) is 17.5. The Kier molecular flexibility index (Phi) is 3.91. The van der Waals surface area contributed by atoms with Crippen LogP contribution in [0.1, 0.15) is 17.0 Å². The van der Waals surface area contributed by atoms with Crippen LogP contribution in [0.5, 0.6) is 0 Å². The maximum Gasteiger partial charge on any atom is 0.409 e. The van der Waals surface area contributed by atoms with Gasteiger partial charge in [0.05, 0.1) is 13.1 Å². The number of aromatic nitrogens is 2. The van der Waals surface area contributed by atoms with Gasteiger partial charge in [-0.1, -0.05) is 48.5 Å². The molecule has 3 aromatic rings. The summed E-state index contributed by atoms with van der Waals surface area (Å²) in [5.41, 5.74) is 3.38. The highest BCUT2D eigenvalue weighted by Gasteiger charge is 2.54. The molecule has 0 atom stereocenters. The first-order valence-corrected chi connectivity index (χ1v) is 9.43. The van der Waals surface area contributed by atoms with Crippen molar-refractivity contribution in [2.45, 2.75) is 11.5 Å². The van der Waals surface area contributed by atoms with Crippen LogP contribution in [0.4, 0.5) is 4.79 Å². The minimum absolute atomic E-state index is 0.0250. The molecule has 2 aromatic carbocycles. The second-order valence-corrected chi connectivity index (χ2v) is 7.45. The van der Waals surface area contributed by atoms with Crippen molar-refractivity contribution in [1.29, 1.82) is 0 Å². The summed E-state index contributed by atoms with van der Waals surface area (Å²) < 4.78 is 6.99. The number of hydrogen-bond acceptors (Lipinski definition) is 4. The van der Waals surface area contributed by atoms with Crippen molar-refractivity contribution in [2.75, 3.05) is 19.7 Å². The highest BCUT2D eigenvalue weighted by molar-refractivity contribution is 5.82. The highest BCUT2D eigenvalue weighted by Crippen LogP contribution is 2.44. The zero-order valence-corrected chi connectivity index (χ0v) is 15.6. The third kappa shape index (κ3) is 2.61. The molecule has 7 nitrogen and oxygen atoms in total. The van der Waals surface area contributed by atoms with Crippen molar-refractivity contribution in [3.05, 3.63) is 78.1 Å². The van der Waals surface area contributed by atoms with Crippen LogP contribution in [0.2, 0.25) is 0 Å². The Morgan fingerprint density at radius 2 is 1.66 bits per heavy atom. The average Bonchev–Trinajstić information content (AvgIpc) is 3.32. The summed E-state index contributed by atoms with van der Waals surface area (Å²) in [6.07, 6.45) is 2.63. The molecular formula is C22H19N3O4. The largest absolute Gasteiger partial charge is 0.479 e. The lowest BCUT2D eigenvalue weighted by Crippen LogP contribution is -2.68. The molecule has 1 fully saturated rings. The van der Waals surface area contributed by atoms with Crippen molar-refractivity contribution in [1.82, 2.24) is 14.7 Å². The molecular weight excluding hydrogens is 370 g/mol. The number of amides is 1. The molecule has 1 aliphatic heterocycles. The number of likely N-dealkylation sites (tertiary alicyclic amines) is 1. The van der Waals surface area contributed by atoms with E-state index in [9.17, 15) is 14.7 Å². The van der Waals surface area contributed by atoms with Gasteiger partial charge in [0, 0.05) is 18.3 Å². The third-order valence-electron chi connectivity index (χ3n) is 5.84. The smallest absolute Gasteiger partial charge is 0.409 e. The minimum atomic E-state index is -1.23. The lowest BCUT2D eigenvalue weighted by molar-refractivity contribution is -0.157. The zero-order chi connectivity index (χ0) is 20.0. The molecule has 1 aliphatic carbocycles. The maximum atomic E-state index is 12.6. The third-order valence-corrected chi connectivity index (χ3v) is 5.84. The predicted molar refractivity (Wildman–Crippen MR) is 104 cm³/mol. The first-order chi connectivity index (χ1) is 14.1. The Labute approximate surface area is 167 Å². The van der Waals surface area contributed by atoms with Gasteiger partial charge in [-0.3, -0.25) is 4.68 Å². The van der Waals surface area contributed by atoms with Gasteiger partial charge >= 0.3 is 12.1 Å². The van der Waals surface area contributed by atoms with Crippen molar-refractivity contribution >= 4 is 12.1 Å². The summed E-state index contributed by atoms with van der Waals surface area (Å²) in [7, 11) is 0. The molecule has 7 heteroatoms. The van der Waals surface area contributed by atoms with Crippen molar-refractivity contribution in [2.24, 2.45) is 0 Å². The highest BCUT2D eigenvalue weighted by atomic mass is 16.6. The van der Waals surface area contributed by atoms with E-state index >= 15 is 0 Å². The Balaban J connectivity index is 1.30. The van der Waals surface area contributed by atoms with E-state index in [-0.39, 0.29) is 25.6 Å². The van der Waals surface area contributed by atoms with Crippen molar-refractivity contribution in [3.8, 4) is 11.1 Å². The molecule has 0 saturated carbocycles. The van der Waals surface area contributed by atoms with Crippen LogP contribution in [0.15, 0.2) is 67.0 Å². The topological polar surface area (TPSA) is 84.7 Å². The van der Waals surface area contributed by atoms with E-state index in [1.807, 2.05) is 24.3 Å². The van der Waals surface area contributed by atoms with Gasteiger partial charge in [-0.2, -0.15) is 5.10 Å². The van der Waals surface area contributed by atoms with E-state index in [1.165, 1.54) is 15.8 Å². The summed E-state index contributed by atoms with van der Waals surface area (Å²) in [6, 6.07) is 17.9. The molecule has 0 unspecified atom stereocenters. The Morgan fingerprint density at radius 1 is 1.03 bits per heavy atom. The average molecular weight is 389 g/mol. The molecule has 5 rings (SSSR count). The second-order valence-electron chi connectivity index (χ2n) is 7.45. The summed E-state index contributed by atoms with van der Waals surface area (Å²) in [4.78, 5) is 25.7. The van der Waals surface area contributed by atoms with E-state index in [1.54, 1.807) is 12.3 Å². The molecule has 0 bridgehead atoms. The van der Waals surface area contributed by atoms with Crippen LogP contribution in [0.3, 0.4) is 0 Å². The number of carbonyl (C=O) groups is 2. The molecule has 146 valence electrons. The van der Waals surface area contributed by atoms with Gasteiger partial charge in [0.2, 0.25) is 0 Å². The molecule has 29 heavy (non-hydrogen) atoms. The Morgan fingerprint density at radius 3 is 2.21 bits per heavy atom. The van der Waals surface area contributed by atoms with Crippen LogP contribution in [-0.4, -0.2) is 51.5 Å². The molecule has 1 N–H and O–H groups in total. The molecule has 2 aliphatic rings. The van der Waals surface area contributed by atoms with Gasteiger partial charge in [0.1, 0.15) is 6.61 Å². The number of fused-ring (bicyclic) bond motifs is 3. The summed E-state index contributed by atoms with van der Waals surface area (Å²) >= 11 is 0. The predicted octanol–water partition coefficient (Wildman–Crippen LogP) is 2.93. The lowest BCUT2D eigenvalue weighted by atomic mass is 9.90. The fourth-order valence-electron chi connectivity index (χ4n) is 4.30. The van der Waals surface area contributed by atoms with E-state index in [4.69, 9.17) is 4.74 Å². The van der Waals surface area contributed by atoms with Gasteiger partial charge < -0.3 is 14.7 Å². The normalized spacial score (nSPS) is 16.6. The number of carbonyl (C=O) groups excluding carboxylic acids is 1. The number of rotatable bonds is 4. The first-order valence-electron chi connectivity index (χ1n) is 9.43. The van der Waals surface area contributed by atoms with Crippen LogP contribution < -0.4 is 0 Å². The van der Waals surface area contributed by atoms with Gasteiger partial charge in [0.15, 0.2) is 5.54 Å². The van der Waals surface area contributed by atoms with Crippen molar-refractivity contribution in [3.63, 3.8) is 0 Å². The van der Waals surface area contributed by atoms with Gasteiger partial charge in [0.25, 0.3) is 0 Å². The van der Waals surface area contributed by atoms with Crippen LogP contribution in [0, 0.1) is 0 Å². The van der Waals surface area contributed by atoms with Crippen LogP contribution >= 0.6 is 0 Å². The number of hydrogen-bond donors (Lipinski definition) is 1. The molecule has 0 radical (unpaired) electrons. The van der Waals surface area contributed by atoms with Crippen molar-refractivity contribution < 1.29 is 19.4 Å². The number of carboxylic acids is 1. The Bertz CT molecular complexity index is 1040. The monoisotopic (exact) mass is 389 g/mol. The van der Waals surface area contributed by atoms with Gasteiger partial charge in [-0.25, -0.2) is 9.59 Å². The molecule has 1 saturated heterocycles. The van der Waals surface area contributed by atoms with E-state index in [0.717, 1.165) is 22.3 Å². The van der Waals surface area contributed by atoms with Crippen LogP contribution in [-0.2, 0) is 15.1 Å². The quantitative estimate of drug-likeness (QED) is 0.742. The summed E-state index contributed by atoms with van der Waals surface area (Å²) in [5.74, 6) is -1.04. The number of ether oxygens (including phenoxy) is 1. The minimum Gasteiger partial charge on any atom is -0.479 e. The SMILES string of the molecule is O=C(OCC1c2ccccc2-c2ccccc21)N1CC(C(=O)O)(n2cccn2)C1. The lowest BCUT2D eigenvalue weighted by Gasteiger charge is -2.45. The number of carboxylic acid groups (broad SMARTS) is 1. The fourth-order valence-corrected chi connectivity index (χ4v) is 4.30. The summed E-state index contributed by atoms with van der Waals surface area (Å²) in [6.45, 7) is 0.270. The van der Waals surface area contributed by atoms with Gasteiger partial charge in [-0.05, 0) is 28.3 Å².